The van der Waals surface area contributed by atoms with Gasteiger partial charge in [0.05, 0.1) is 0 Å². The van der Waals surface area contributed by atoms with E-state index in [2.05, 4.69) is 11.1 Å². The molecule has 1 aliphatic rings. The quantitative estimate of drug-likeness (QED) is 0.463. The van der Waals surface area contributed by atoms with E-state index in [1.165, 1.54) is 0 Å². The molecular weight excluding hydrogens is 132 g/mol. The summed E-state index contributed by atoms with van der Waals surface area (Å²) in [5.74, 6) is 0. The number of nitrogens with one attached hydrogen (secondary N) is 1. The topological polar surface area (TPSA) is 75.4 Å². The molecular formula is C6H14N2O2. The molecule has 4 nitrogen and oxygen atoms in total. The number of hydrogen-bond donors (Lipinski definition) is 3. The second-order valence-corrected chi connectivity index (χ2v) is 1.95. The molecule has 1 saturated heterocycles. The van der Waals surface area contributed by atoms with Gasteiger partial charge < -0.3 is 16.2 Å². The summed E-state index contributed by atoms with van der Waals surface area (Å²) >= 11 is 0. The highest BCUT2D eigenvalue weighted by atomic mass is 16.4. The van der Waals surface area contributed by atoms with Crippen molar-refractivity contribution in [2.24, 2.45) is 5.73 Å². The smallest absolute Gasteiger partial charge is 0.402 e. The van der Waals surface area contributed by atoms with Crippen molar-refractivity contribution < 1.29 is 11.3 Å². The van der Waals surface area contributed by atoms with Gasteiger partial charge in [0.2, 0.25) is 0 Å². The normalized spacial score (nSPS) is 20.2. The maximum atomic E-state index is 8.78. The maximum Gasteiger partial charge on any atom is 0.402 e. The molecule has 1 heterocycles. The van der Waals surface area contributed by atoms with Gasteiger partial charge in [-0.15, -0.1) is 0 Å². The van der Waals surface area contributed by atoms with Crippen molar-refractivity contribution in [1.82, 2.24) is 5.32 Å². The van der Waals surface area contributed by atoms with E-state index < -0.39 is 6.09 Å². The molecule has 0 aliphatic carbocycles. The molecule has 1 rings (SSSR count). The monoisotopic (exact) mass is 147 g/mol. The lowest BCUT2D eigenvalue weighted by atomic mass is 10.2. The molecule has 0 spiro atoms. The molecule has 4 heteroatoms. The van der Waals surface area contributed by atoms with Crippen LogP contribution in [-0.4, -0.2) is 24.3 Å². The number of amides is 1. The lowest BCUT2D eigenvalue weighted by Crippen LogP contribution is -2.21. The molecule has 1 aliphatic heterocycles. The van der Waals surface area contributed by atoms with E-state index in [0.717, 1.165) is 25.9 Å². The summed E-state index contributed by atoms with van der Waals surface area (Å²) < 4.78 is 7.23. The number of piperidine rings is 1. The summed E-state index contributed by atoms with van der Waals surface area (Å²) in [6.07, 6.45) is 0.973. The summed E-state index contributed by atoms with van der Waals surface area (Å²) in [4.78, 5) is 8.78. The molecule has 10 heavy (non-hydrogen) atoms. The van der Waals surface area contributed by atoms with E-state index in [1.807, 2.05) is 0 Å². The Bertz CT molecular complexity index is 111. The van der Waals surface area contributed by atoms with Gasteiger partial charge in [0, 0.05) is 1.37 Å². The average Bonchev–Trinajstić information content (AvgIpc) is 1.87. The first-order chi connectivity index (χ1) is 5.13. The fourth-order valence-corrected chi connectivity index (χ4v) is 0.678. The van der Waals surface area contributed by atoms with Crippen molar-refractivity contribution in [3.8, 4) is 0 Å². The van der Waals surface area contributed by atoms with Crippen LogP contribution in [0.4, 0.5) is 4.79 Å². The Morgan fingerprint density at radius 3 is 2.20 bits per heavy atom. The summed E-state index contributed by atoms with van der Waals surface area (Å²) in [5.41, 5.74) is 4.03. The highest BCUT2D eigenvalue weighted by molar-refractivity contribution is 5.61. The minimum Gasteiger partial charge on any atom is -0.465 e. The van der Waals surface area contributed by atoms with Crippen LogP contribution in [0.25, 0.3) is 0 Å². The van der Waals surface area contributed by atoms with Crippen molar-refractivity contribution in [3.05, 3.63) is 0 Å². The zero-order valence-corrected chi connectivity index (χ0v) is 5.84. The van der Waals surface area contributed by atoms with E-state index in [9.17, 15) is 0 Å². The van der Waals surface area contributed by atoms with Gasteiger partial charge in [-0.1, -0.05) is 6.40 Å². The minimum atomic E-state index is -1.33. The van der Waals surface area contributed by atoms with Gasteiger partial charge >= 0.3 is 6.09 Å². The standard InChI is InChI=1S/C5H11N.CH3NO2/c1-2-4-6-5-3-1;2-1(3)4/h6H,1-5H2;2H2,(H,3,4)/i1D;. The minimum absolute atomic E-state index is 0.223. The lowest BCUT2D eigenvalue weighted by Gasteiger charge is -2.08. The molecule has 0 radical (unpaired) electrons. The largest absolute Gasteiger partial charge is 0.465 e. The number of carbonyl (C=O) groups is 1. The van der Waals surface area contributed by atoms with Crippen LogP contribution in [0.3, 0.4) is 0 Å². The van der Waals surface area contributed by atoms with E-state index in [1.54, 1.807) is 0 Å². The van der Waals surface area contributed by atoms with Crippen molar-refractivity contribution in [3.63, 3.8) is 0 Å². The van der Waals surface area contributed by atoms with Crippen LogP contribution in [0, 0.1) is 0 Å². The zero-order chi connectivity index (χ0) is 8.69. The number of rotatable bonds is 0. The first-order valence-corrected chi connectivity index (χ1v) is 3.24. The van der Waals surface area contributed by atoms with Crippen molar-refractivity contribution >= 4 is 6.09 Å². The number of hydrogen-bond acceptors (Lipinski definition) is 2. The Morgan fingerprint density at radius 2 is 2.00 bits per heavy atom. The highest BCUT2D eigenvalue weighted by Gasteiger charge is 1.93. The molecule has 0 saturated carbocycles. The molecule has 0 aromatic rings. The van der Waals surface area contributed by atoms with Gasteiger partial charge in [-0.3, -0.25) is 0 Å². The first-order valence-electron chi connectivity index (χ1n) is 3.82. The van der Waals surface area contributed by atoms with E-state index in [0.29, 0.717) is 0 Å². The third-order valence-electron chi connectivity index (χ3n) is 1.05. The van der Waals surface area contributed by atoms with Gasteiger partial charge in [0.15, 0.2) is 0 Å². The molecule has 4 N–H and O–H groups in total. The lowest BCUT2D eigenvalue weighted by molar-refractivity contribution is 0.205. The number of nitrogens with two attached hydrogens (primary N) is 1. The fraction of sp³-hybridized carbons (Fsp3) is 0.833. The molecule has 1 amide bonds. The third kappa shape index (κ3) is 10.3. The van der Waals surface area contributed by atoms with Crippen LogP contribution in [-0.2, 0) is 0 Å². The third-order valence-corrected chi connectivity index (χ3v) is 1.05. The molecule has 1 fully saturated rings. The van der Waals surface area contributed by atoms with Crippen LogP contribution in [0.1, 0.15) is 20.6 Å². The van der Waals surface area contributed by atoms with Crippen LogP contribution < -0.4 is 11.1 Å². The Balaban J connectivity index is 0.000000218. The molecule has 0 aromatic heterocycles. The van der Waals surface area contributed by atoms with Gasteiger partial charge in [0.1, 0.15) is 0 Å². The summed E-state index contributed by atoms with van der Waals surface area (Å²) in [5, 5.41) is 10.4. The zero-order valence-electron chi connectivity index (χ0n) is 6.84. The Kier molecular flexibility index (Phi) is 4.66. The predicted octanol–water partition coefficient (Wildman–Crippen LogP) is 0.383. The van der Waals surface area contributed by atoms with Crippen molar-refractivity contribution in [2.45, 2.75) is 19.2 Å². The summed E-state index contributed by atoms with van der Waals surface area (Å²) in [6, 6.07) is 0. The fourth-order valence-electron chi connectivity index (χ4n) is 0.678. The number of carboxylic acid groups (broad SMARTS) is 1. The Morgan fingerprint density at radius 1 is 1.60 bits per heavy atom. The van der Waals surface area contributed by atoms with Crippen molar-refractivity contribution in [1.29, 1.82) is 0 Å². The van der Waals surface area contributed by atoms with Crippen LogP contribution >= 0.6 is 0 Å². The van der Waals surface area contributed by atoms with Crippen LogP contribution in [0.15, 0.2) is 0 Å². The van der Waals surface area contributed by atoms with E-state index in [-0.39, 0.29) is 6.40 Å². The van der Waals surface area contributed by atoms with E-state index in [4.69, 9.17) is 11.3 Å². The maximum absolute atomic E-state index is 8.78. The summed E-state index contributed by atoms with van der Waals surface area (Å²) in [7, 11) is 0. The summed E-state index contributed by atoms with van der Waals surface area (Å²) in [6.45, 7) is 2.10. The van der Waals surface area contributed by atoms with Crippen LogP contribution in [0.5, 0.6) is 0 Å². The molecule has 60 valence electrons. The molecule has 0 atom stereocenters. The van der Waals surface area contributed by atoms with E-state index >= 15 is 0 Å². The highest BCUT2D eigenvalue weighted by Crippen LogP contribution is 1.96. The molecule has 0 unspecified atom stereocenters. The van der Waals surface area contributed by atoms with Gasteiger partial charge in [-0.25, -0.2) is 4.79 Å². The average molecular weight is 147 g/mol. The molecule has 0 bridgehead atoms. The Labute approximate surface area is 61.8 Å². The van der Waals surface area contributed by atoms with Gasteiger partial charge in [-0.2, -0.15) is 0 Å². The van der Waals surface area contributed by atoms with Crippen molar-refractivity contribution in [2.75, 3.05) is 13.1 Å². The second-order valence-electron chi connectivity index (χ2n) is 1.95. The predicted molar refractivity (Wildman–Crippen MR) is 38.9 cm³/mol. The molecule has 0 aromatic carbocycles. The Hall–Kier alpha value is -0.770. The second kappa shape index (κ2) is 6.35. The SMILES string of the molecule is NC(=O)O.[2H]C1CCNCC1. The number of primary amides is 1. The van der Waals surface area contributed by atoms with Gasteiger partial charge in [-0.05, 0) is 25.9 Å². The van der Waals surface area contributed by atoms with Crippen LogP contribution in [0.2, 0.25) is 0 Å². The van der Waals surface area contributed by atoms with Gasteiger partial charge in [0.25, 0.3) is 0 Å². The first kappa shape index (κ1) is 7.34.